The highest BCUT2D eigenvalue weighted by Gasteiger charge is 2.45. The largest absolute Gasteiger partial charge is 0.512 e. The maximum atomic E-state index is 12.9. The van der Waals surface area contributed by atoms with Crippen molar-refractivity contribution in [3.8, 4) is 5.75 Å². The minimum atomic E-state index is -1.13. The Balaban J connectivity index is 2.27. The first-order valence-electron chi connectivity index (χ1n) is 8.46. The number of aromatic hydroxyl groups is 1. The number of phenols is 1. The van der Waals surface area contributed by atoms with Gasteiger partial charge in [0.1, 0.15) is 11.5 Å². The molecule has 0 unspecified atom stereocenters. The molecule has 0 aliphatic heterocycles. The van der Waals surface area contributed by atoms with Gasteiger partial charge in [0.25, 0.3) is 0 Å². The highest BCUT2D eigenvalue weighted by Crippen LogP contribution is 2.42. The Bertz CT molecular complexity index is 936. The van der Waals surface area contributed by atoms with Gasteiger partial charge in [-0.15, -0.1) is 0 Å². The second-order valence-corrected chi connectivity index (χ2v) is 6.42. The fourth-order valence-corrected chi connectivity index (χ4v) is 3.57. The highest BCUT2D eigenvalue weighted by molar-refractivity contribution is 6.20. The van der Waals surface area contributed by atoms with Crippen LogP contribution in [0.1, 0.15) is 50.0 Å². The van der Waals surface area contributed by atoms with Crippen molar-refractivity contribution in [3.05, 3.63) is 52.3 Å². The molecule has 0 bridgehead atoms. The van der Waals surface area contributed by atoms with E-state index in [9.17, 15) is 29.4 Å². The Labute approximate surface area is 154 Å². The number of hydrogen-bond donors (Lipinski definition) is 2. The zero-order chi connectivity index (χ0) is 19.9. The van der Waals surface area contributed by atoms with Gasteiger partial charge in [-0.3, -0.25) is 19.2 Å². The van der Waals surface area contributed by atoms with Crippen LogP contribution in [0.15, 0.2) is 30.1 Å². The van der Waals surface area contributed by atoms with Crippen LogP contribution in [-0.4, -0.2) is 40.6 Å². The van der Waals surface area contributed by atoms with E-state index >= 15 is 0 Å². The summed E-state index contributed by atoms with van der Waals surface area (Å²) < 4.78 is 4.62. The van der Waals surface area contributed by atoms with Gasteiger partial charge in [0.2, 0.25) is 0 Å². The first-order valence-corrected chi connectivity index (χ1v) is 8.46. The van der Waals surface area contributed by atoms with Crippen molar-refractivity contribution in [1.29, 1.82) is 0 Å². The molecule has 0 fully saturated rings. The smallest absolute Gasteiger partial charge is 0.310 e. The standard InChI is InChI=1S/C20H18O7/c1-3-12(21)15-9(8-14(23)27-2)7-11-17(19(15)25)20(26)16-10(18(11)24)5-4-6-13(16)22/h4-7,10,16,22,25H,3,8H2,1-2H3/t10-,16+/m1/s1. The number of hydrogen-bond acceptors (Lipinski definition) is 7. The molecule has 0 amide bonds. The molecule has 0 saturated carbocycles. The Hall–Kier alpha value is -3.22. The third-order valence-electron chi connectivity index (χ3n) is 4.91. The molecule has 0 radical (unpaired) electrons. The molecule has 2 aliphatic rings. The Morgan fingerprint density at radius 2 is 1.89 bits per heavy atom. The van der Waals surface area contributed by atoms with Gasteiger partial charge < -0.3 is 14.9 Å². The number of esters is 1. The Morgan fingerprint density at radius 3 is 2.52 bits per heavy atom. The number of methoxy groups -OCH3 is 1. The molecule has 0 spiro atoms. The number of rotatable bonds is 4. The molecule has 0 saturated heterocycles. The topological polar surface area (TPSA) is 118 Å². The van der Waals surface area contributed by atoms with Crippen LogP contribution in [0.3, 0.4) is 0 Å². The van der Waals surface area contributed by atoms with Gasteiger partial charge in [0, 0.05) is 12.0 Å². The second-order valence-electron chi connectivity index (χ2n) is 6.42. The number of Topliss-reactive ketones (excluding diaryl/α,β-unsaturated/α-hetero) is 3. The lowest BCUT2D eigenvalue weighted by Gasteiger charge is -2.31. The summed E-state index contributed by atoms with van der Waals surface area (Å²) in [5.41, 5.74) is -0.397. The molecular formula is C20H18O7. The summed E-state index contributed by atoms with van der Waals surface area (Å²) >= 11 is 0. The summed E-state index contributed by atoms with van der Waals surface area (Å²) in [5, 5.41) is 20.8. The summed E-state index contributed by atoms with van der Waals surface area (Å²) in [6.45, 7) is 1.58. The minimum Gasteiger partial charge on any atom is -0.512 e. The van der Waals surface area contributed by atoms with E-state index in [-0.39, 0.29) is 40.9 Å². The maximum Gasteiger partial charge on any atom is 0.310 e. The van der Waals surface area contributed by atoms with Crippen LogP contribution in [0.5, 0.6) is 5.75 Å². The van der Waals surface area contributed by atoms with Gasteiger partial charge in [-0.1, -0.05) is 19.1 Å². The van der Waals surface area contributed by atoms with E-state index in [0.29, 0.717) is 0 Å². The van der Waals surface area contributed by atoms with Crippen molar-refractivity contribution in [2.75, 3.05) is 7.11 Å². The number of benzene rings is 1. The van der Waals surface area contributed by atoms with E-state index in [1.165, 1.54) is 31.4 Å². The number of fused-ring (bicyclic) bond motifs is 2. The van der Waals surface area contributed by atoms with Crippen molar-refractivity contribution < 1.29 is 34.1 Å². The van der Waals surface area contributed by atoms with Crippen molar-refractivity contribution in [2.45, 2.75) is 19.8 Å². The van der Waals surface area contributed by atoms with Crippen LogP contribution in [0, 0.1) is 11.8 Å². The number of aliphatic hydroxyl groups is 1. The molecule has 27 heavy (non-hydrogen) atoms. The van der Waals surface area contributed by atoms with Gasteiger partial charge >= 0.3 is 5.97 Å². The molecule has 140 valence electrons. The average Bonchev–Trinajstić information content (AvgIpc) is 2.65. The number of ether oxygens (including phenoxy) is 1. The summed E-state index contributed by atoms with van der Waals surface area (Å²) in [6, 6.07) is 1.30. The number of phenolic OH excluding ortho intramolecular Hbond substituents is 1. The lowest BCUT2D eigenvalue weighted by molar-refractivity contribution is -0.139. The van der Waals surface area contributed by atoms with Crippen LogP contribution in [-0.2, 0) is 16.0 Å². The van der Waals surface area contributed by atoms with Crippen molar-refractivity contribution in [1.82, 2.24) is 0 Å². The normalized spacial score (nSPS) is 20.6. The van der Waals surface area contributed by atoms with Crippen LogP contribution in [0.4, 0.5) is 0 Å². The van der Waals surface area contributed by atoms with E-state index in [1.54, 1.807) is 6.92 Å². The van der Waals surface area contributed by atoms with Crippen molar-refractivity contribution >= 4 is 23.3 Å². The molecule has 2 N–H and O–H groups in total. The SMILES string of the molecule is CCC(=O)c1c(CC(=O)OC)cc2c(c1O)C(=O)[C@@H]1C(O)=CC=C[C@H]1C2=O. The van der Waals surface area contributed by atoms with Gasteiger partial charge in [-0.2, -0.15) is 0 Å². The number of allylic oxidation sites excluding steroid dienone is 4. The van der Waals surface area contributed by atoms with Crippen LogP contribution >= 0.6 is 0 Å². The maximum absolute atomic E-state index is 12.9. The van der Waals surface area contributed by atoms with Crippen molar-refractivity contribution in [2.24, 2.45) is 11.8 Å². The Morgan fingerprint density at radius 1 is 1.19 bits per heavy atom. The zero-order valence-electron chi connectivity index (χ0n) is 14.8. The van der Waals surface area contributed by atoms with Crippen LogP contribution in [0.25, 0.3) is 0 Å². The van der Waals surface area contributed by atoms with Crippen LogP contribution in [0.2, 0.25) is 0 Å². The zero-order valence-corrected chi connectivity index (χ0v) is 14.8. The molecule has 1 aromatic carbocycles. The molecule has 7 nitrogen and oxygen atoms in total. The predicted octanol–water partition coefficient (Wildman–Crippen LogP) is 2.32. The molecule has 3 rings (SSSR count). The molecule has 1 aromatic rings. The molecule has 0 aromatic heterocycles. The summed E-state index contributed by atoms with van der Waals surface area (Å²) in [5.74, 6) is -5.15. The first-order chi connectivity index (χ1) is 12.8. The van der Waals surface area contributed by atoms with Crippen molar-refractivity contribution in [3.63, 3.8) is 0 Å². The fraction of sp³-hybridized carbons (Fsp3) is 0.300. The summed E-state index contributed by atoms with van der Waals surface area (Å²) in [7, 11) is 1.18. The van der Waals surface area contributed by atoms with Gasteiger partial charge in [0.15, 0.2) is 17.3 Å². The average molecular weight is 370 g/mol. The first kappa shape index (κ1) is 18.6. The molecular weight excluding hydrogens is 352 g/mol. The number of carbonyl (C=O) groups is 4. The molecule has 2 aliphatic carbocycles. The molecule has 2 atom stereocenters. The van der Waals surface area contributed by atoms with Gasteiger partial charge in [-0.25, -0.2) is 0 Å². The lowest BCUT2D eigenvalue weighted by atomic mass is 9.70. The summed E-state index contributed by atoms with van der Waals surface area (Å²) in [6.07, 6.45) is 4.02. The number of ketones is 3. The van der Waals surface area contributed by atoms with E-state index in [0.717, 1.165) is 0 Å². The van der Waals surface area contributed by atoms with Gasteiger partial charge in [-0.05, 0) is 17.7 Å². The third-order valence-corrected chi connectivity index (χ3v) is 4.91. The Kier molecular flexibility index (Phi) is 4.70. The van der Waals surface area contributed by atoms with E-state index in [1.807, 2.05) is 0 Å². The fourth-order valence-electron chi connectivity index (χ4n) is 3.57. The van der Waals surface area contributed by atoms with E-state index in [2.05, 4.69) is 4.74 Å². The monoisotopic (exact) mass is 370 g/mol. The lowest BCUT2D eigenvalue weighted by Crippen LogP contribution is -2.38. The minimum absolute atomic E-state index is 0.0304. The number of aliphatic hydroxyl groups excluding tert-OH is 1. The third kappa shape index (κ3) is 2.85. The predicted molar refractivity (Wildman–Crippen MR) is 93.9 cm³/mol. The quantitative estimate of drug-likeness (QED) is 0.617. The van der Waals surface area contributed by atoms with Crippen LogP contribution < -0.4 is 0 Å². The highest BCUT2D eigenvalue weighted by atomic mass is 16.5. The van der Waals surface area contributed by atoms with E-state index in [4.69, 9.17) is 0 Å². The number of carbonyl (C=O) groups excluding carboxylic acids is 4. The van der Waals surface area contributed by atoms with Gasteiger partial charge in [0.05, 0.1) is 36.5 Å². The molecule has 0 heterocycles. The molecule has 7 heteroatoms. The second kappa shape index (κ2) is 6.83. The van der Waals surface area contributed by atoms with E-state index < -0.39 is 40.9 Å². The summed E-state index contributed by atoms with van der Waals surface area (Å²) in [4.78, 5) is 49.9.